The lowest BCUT2D eigenvalue weighted by Crippen LogP contribution is -2.21. The third kappa shape index (κ3) is 3.22. The van der Waals surface area contributed by atoms with Crippen molar-refractivity contribution < 1.29 is 9.59 Å². The van der Waals surface area contributed by atoms with Gasteiger partial charge in [-0.2, -0.15) is 0 Å². The molecule has 0 saturated carbocycles. The van der Waals surface area contributed by atoms with E-state index in [2.05, 4.69) is 15.3 Å². The zero-order chi connectivity index (χ0) is 17.3. The van der Waals surface area contributed by atoms with E-state index in [0.29, 0.717) is 26.5 Å². The quantitative estimate of drug-likeness (QED) is 0.775. The molecule has 0 saturated heterocycles. The van der Waals surface area contributed by atoms with Gasteiger partial charge in [-0.1, -0.05) is 11.3 Å². The van der Waals surface area contributed by atoms with Crippen molar-refractivity contribution in [3.63, 3.8) is 0 Å². The minimum Gasteiger partial charge on any atom is -0.344 e. The van der Waals surface area contributed by atoms with E-state index in [9.17, 15) is 9.59 Å². The van der Waals surface area contributed by atoms with Crippen LogP contribution >= 0.6 is 22.7 Å². The van der Waals surface area contributed by atoms with E-state index in [1.807, 2.05) is 29.1 Å². The molecule has 2 amide bonds. The third-order valence-corrected chi connectivity index (χ3v) is 5.08. The van der Waals surface area contributed by atoms with E-state index >= 15 is 0 Å². The number of rotatable bonds is 4. The first-order chi connectivity index (χ1) is 11.5. The third-order valence-electron chi connectivity index (χ3n) is 3.17. The van der Waals surface area contributed by atoms with E-state index in [1.54, 1.807) is 26.4 Å². The Hall–Kier alpha value is -2.52. The predicted octanol–water partition coefficient (Wildman–Crippen LogP) is 2.65. The summed E-state index contributed by atoms with van der Waals surface area (Å²) >= 11 is 2.54. The highest BCUT2D eigenvalue weighted by atomic mass is 32.1. The number of hydrogen-bond acceptors (Lipinski definition) is 6. The number of nitrogens with one attached hydrogen (secondary N) is 1. The van der Waals surface area contributed by atoms with Crippen LogP contribution in [0.25, 0.3) is 5.13 Å². The molecule has 3 heterocycles. The monoisotopic (exact) mass is 361 g/mol. The summed E-state index contributed by atoms with van der Waals surface area (Å²) < 4.78 is 1.84. The molecule has 24 heavy (non-hydrogen) atoms. The van der Waals surface area contributed by atoms with Gasteiger partial charge >= 0.3 is 0 Å². The number of amides is 2. The number of thiazole rings is 2. The van der Waals surface area contributed by atoms with Crippen LogP contribution in [0, 0.1) is 6.92 Å². The molecule has 0 radical (unpaired) electrons. The lowest BCUT2D eigenvalue weighted by molar-refractivity contribution is 0.0831. The Bertz CT molecular complexity index is 880. The van der Waals surface area contributed by atoms with Gasteiger partial charge in [-0.15, -0.1) is 11.3 Å². The molecule has 0 aliphatic rings. The van der Waals surface area contributed by atoms with Crippen molar-refractivity contribution in [1.29, 1.82) is 0 Å². The summed E-state index contributed by atoms with van der Waals surface area (Å²) in [6.07, 6.45) is 3.73. The number of carbonyl (C=O) groups is 2. The lowest BCUT2D eigenvalue weighted by Gasteiger charge is -2.07. The molecule has 0 spiro atoms. The van der Waals surface area contributed by atoms with E-state index in [1.165, 1.54) is 16.2 Å². The van der Waals surface area contributed by atoms with Gasteiger partial charge in [0.25, 0.3) is 11.8 Å². The van der Waals surface area contributed by atoms with Gasteiger partial charge in [0.1, 0.15) is 10.6 Å². The van der Waals surface area contributed by atoms with Gasteiger partial charge < -0.3 is 9.47 Å². The van der Waals surface area contributed by atoms with Crippen LogP contribution in [0.4, 0.5) is 5.13 Å². The zero-order valence-corrected chi connectivity index (χ0v) is 14.9. The van der Waals surface area contributed by atoms with Crippen LogP contribution in [-0.2, 0) is 0 Å². The number of aromatic nitrogens is 3. The lowest BCUT2D eigenvalue weighted by atomic mass is 10.3. The number of hydrogen-bond donors (Lipinski definition) is 1. The Morgan fingerprint density at radius 3 is 2.58 bits per heavy atom. The summed E-state index contributed by atoms with van der Waals surface area (Å²) in [6, 6.07) is 3.78. The fourth-order valence-corrected chi connectivity index (χ4v) is 3.72. The van der Waals surface area contributed by atoms with Crippen LogP contribution in [0.3, 0.4) is 0 Å². The normalized spacial score (nSPS) is 10.6. The molecule has 0 atom stereocenters. The average Bonchev–Trinajstić information content (AvgIpc) is 3.26. The highest BCUT2D eigenvalue weighted by Crippen LogP contribution is 2.24. The minimum absolute atomic E-state index is 0.131. The van der Waals surface area contributed by atoms with E-state index in [0.717, 1.165) is 11.3 Å². The van der Waals surface area contributed by atoms with Gasteiger partial charge in [0.2, 0.25) is 0 Å². The first-order valence-electron chi connectivity index (χ1n) is 7.05. The number of nitrogens with zero attached hydrogens (tertiary/aromatic N) is 4. The second-order valence-corrected chi connectivity index (χ2v) is 7.03. The van der Waals surface area contributed by atoms with Gasteiger partial charge in [0, 0.05) is 31.9 Å². The highest BCUT2D eigenvalue weighted by molar-refractivity contribution is 7.17. The SMILES string of the molecule is Cc1nc(NC(=O)c2csc(-n3cccc3)n2)sc1C(=O)N(C)C. The largest absolute Gasteiger partial charge is 0.344 e. The molecule has 0 aliphatic heterocycles. The maximum Gasteiger partial charge on any atom is 0.276 e. The molecule has 124 valence electrons. The Kier molecular flexibility index (Phi) is 4.45. The van der Waals surface area contributed by atoms with Crippen LogP contribution in [0.1, 0.15) is 25.9 Å². The minimum atomic E-state index is -0.345. The average molecular weight is 361 g/mol. The molecule has 7 nitrogen and oxygen atoms in total. The van der Waals surface area contributed by atoms with Crippen molar-refractivity contribution >= 4 is 39.6 Å². The standard InChI is InChI=1S/C15H15N5O2S2/c1-9-11(13(22)19(2)3)24-14(16-9)18-12(21)10-8-23-15(17-10)20-6-4-5-7-20/h4-8H,1-3H3,(H,16,18,21). The summed E-state index contributed by atoms with van der Waals surface area (Å²) in [5, 5.41) is 5.50. The topological polar surface area (TPSA) is 80.1 Å². The van der Waals surface area contributed by atoms with Crippen molar-refractivity contribution in [3.05, 3.63) is 46.2 Å². The van der Waals surface area contributed by atoms with Gasteiger partial charge in [-0.25, -0.2) is 9.97 Å². The second-order valence-electron chi connectivity index (χ2n) is 5.19. The molecule has 0 fully saturated rings. The van der Waals surface area contributed by atoms with E-state index in [-0.39, 0.29) is 11.8 Å². The number of carbonyl (C=O) groups excluding carboxylic acids is 2. The maximum absolute atomic E-state index is 12.3. The molecule has 0 aliphatic carbocycles. The van der Waals surface area contributed by atoms with Crippen molar-refractivity contribution in [3.8, 4) is 5.13 Å². The summed E-state index contributed by atoms with van der Waals surface area (Å²) in [5.74, 6) is -0.476. The molecular formula is C15H15N5O2S2. The van der Waals surface area contributed by atoms with Crippen LogP contribution in [0.2, 0.25) is 0 Å². The van der Waals surface area contributed by atoms with E-state index in [4.69, 9.17) is 0 Å². The summed E-state index contributed by atoms with van der Waals surface area (Å²) in [7, 11) is 3.36. The summed E-state index contributed by atoms with van der Waals surface area (Å²) in [4.78, 5) is 34.9. The molecule has 9 heteroatoms. The number of aryl methyl sites for hydroxylation is 1. The first-order valence-corrected chi connectivity index (χ1v) is 8.74. The van der Waals surface area contributed by atoms with E-state index < -0.39 is 0 Å². The Labute approximate surface area is 146 Å². The van der Waals surface area contributed by atoms with Gasteiger partial charge in [0.05, 0.1) is 5.69 Å². The van der Waals surface area contributed by atoms with Crippen molar-refractivity contribution in [1.82, 2.24) is 19.4 Å². The molecule has 3 aromatic rings. The fourth-order valence-electron chi connectivity index (χ4n) is 1.96. The maximum atomic E-state index is 12.3. The van der Waals surface area contributed by atoms with Gasteiger partial charge in [-0.05, 0) is 19.1 Å². The Morgan fingerprint density at radius 1 is 1.21 bits per heavy atom. The van der Waals surface area contributed by atoms with Crippen LogP contribution in [-0.4, -0.2) is 45.3 Å². The zero-order valence-electron chi connectivity index (χ0n) is 13.3. The van der Waals surface area contributed by atoms with Crippen LogP contribution in [0.15, 0.2) is 29.9 Å². The molecule has 0 aromatic carbocycles. The van der Waals surface area contributed by atoms with Crippen molar-refractivity contribution in [2.75, 3.05) is 19.4 Å². The second kappa shape index (κ2) is 6.54. The molecule has 1 N–H and O–H groups in total. The Balaban J connectivity index is 1.76. The summed E-state index contributed by atoms with van der Waals surface area (Å²) in [6.45, 7) is 1.75. The number of anilines is 1. The van der Waals surface area contributed by atoms with Crippen LogP contribution < -0.4 is 5.32 Å². The molecule has 3 rings (SSSR count). The summed E-state index contributed by atoms with van der Waals surface area (Å²) in [5.41, 5.74) is 0.914. The van der Waals surface area contributed by atoms with Crippen molar-refractivity contribution in [2.24, 2.45) is 0 Å². The van der Waals surface area contributed by atoms with Gasteiger partial charge in [0.15, 0.2) is 10.3 Å². The molecule has 0 bridgehead atoms. The highest BCUT2D eigenvalue weighted by Gasteiger charge is 2.19. The predicted molar refractivity (Wildman–Crippen MR) is 94.3 cm³/mol. The first kappa shape index (κ1) is 16.3. The molecule has 3 aromatic heterocycles. The fraction of sp³-hybridized carbons (Fsp3) is 0.200. The smallest absolute Gasteiger partial charge is 0.276 e. The molecule has 0 unspecified atom stereocenters. The van der Waals surface area contributed by atoms with Gasteiger partial charge in [-0.3, -0.25) is 14.9 Å². The van der Waals surface area contributed by atoms with Crippen molar-refractivity contribution in [2.45, 2.75) is 6.92 Å². The molecular weight excluding hydrogens is 346 g/mol. The Morgan fingerprint density at radius 2 is 1.92 bits per heavy atom. The van der Waals surface area contributed by atoms with Crippen LogP contribution in [0.5, 0.6) is 0 Å².